The molecule has 0 aromatic heterocycles. The molecule has 0 atom stereocenters. The zero-order valence-corrected chi connectivity index (χ0v) is 13.1. The molecule has 0 radical (unpaired) electrons. The molecule has 0 saturated heterocycles. The topological polar surface area (TPSA) is 83.5 Å². The first-order valence-corrected chi connectivity index (χ1v) is 8.69. The summed E-state index contributed by atoms with van der Waals surface area (Å²) in [7, 11) is -3.80. The lowest BCUT2D eigenvalue weighted by Gasteiger charge is -2.27. The average Bonchev–Trinajstić information content (AvgIpc) is 2.96. The highest BCUT2D eigenvalue weighted by Crippen LogP contribution is 2.40. The number of halogens is 1. The van der Waals surface area contributed by atoms with Gasteiger partial charge < -0.3 is 10.4 Å². The monoisotopic (exact) mass is 331 g/mol. The molecule has 0 bridgehead atoms. The van der Waals surface area contributed by atoms with Crippen LogP contribution in [0, 0.1) is 0 Å². The third kappa shape index (κ3) is 2.93. The van der Waals surface area contributed by atoms with Crippen molar-refractivity contribution in [2.75, 3.05) is 13.2 Å². The van der Waals surface area contributed by atoms with Gasteiger partial charge in [0.15, 0.2) is 14.6 Å². The van der Waals surface area contributed by atoms with Crippen molar-refractivity contribution in [3.8, 4) is 0 Å². The number of carbonyl (C=O) groups excluding carboxylic acids is 1. The van der Waals surface area contributed by atoms with Crippen LogP contribution in [0.3, 0.4) is 0 Å². The maximum absolute atomic E-state index is 12.9. The van der Waals surface area contributed by atoms with Gasteiger partial charge in [0, 0.05) is 11.6 Å². The Labute approximate surface area is 129 Å². The molecular formula is C14H18ClNO4S. The van der Waals surface area contributed by atoms with Gasteiger partial charge in [0.2, 0.25) is 5.91 Å². The van der Waals surface area contributed by atoms with E-state index in [-0.39, 0.29) is 18.0 Å². The van der Waals surface area contributed by atoms with Crippen LogP contribution in [0.25, 0.3) is 0 Å². The van der Waals surface area contributed by atoms with Crippen molar-refractivity contribution in [3.05, 3.63) is 29.3 Å². The Morgan fingerprint density at radius 2 is 1.81 bits per heavy atom. The average molecular weight is 332 g/mol. The first kappa shape index (κ1) is 16.3. The predicted molar refractivity (Wildman–Crippen MR) is 79.9 cm³/mol. The summed E-state index contributed by atoms with van der Waals surface area (Å²) in [5, 5.41) is 11.8. The summed E-state index contributed by atoms with van der Waals surface area (Å²) in [5.74, 6) is -0.524. The summed E-state index contributed by atoms with van der Waals surface area (Å²) in [6.07, 6.45) is 1.99. The molecule has 7 heteroatoms. The highest BCUT2D eigenvalue weighted by atomic mass is 35.5. The van der Waals surface area contributed by atoms with Gasteiger partial charge in [-0.25, -0.2) is 8.42 Å². The molecule has 1 saturated carbocycles. The summed E-state index contributed by atoms with van der Waals surface area (Å²) >= 11 is 5.79. The van der Waals surface area contributed by atoms with Gasteiger partial charge in [0.25, 0.3) is 0 Å². The molecule has 0 heterocycles. The van der Waals surface area contributed by atoms with Crippen molar-refractivity contribution >= 4 is 27.3 Å². The minimum atomic E-state index is -3.80. The zero-order valence-electron chi connectivity index (χ0n) is 11.5. The lowest BCUT2D eigenvalue weighted by Crippen LogP contribution is -2.51. The van der Waals surface area contributed by atoms with Gasteiger partial charge in [-0.05, 0) is 37.1 Å². The van der Waals surface area contributed by atoms with E-state index in [1.165, 1.54) is 24.3 Å². The van der Waals surface area contributed by atoms with E-state index in [9.17, 15) is 13.2 Å². The number of sulfone groups is 1. The van der Waals surface area contributed by atoms with E-state index >= 15 is 0 Å². The SMILES string of the molecule is O=C(NCCO)C1(S(=O)(=O)c2ccc(Cl)cc2)CCCC1. The van der Waals surface area contributed by atoms with E-state index in [0.29, 0.717) is 30.7 Å². The molecule has 1 fully saturated rings. The number of hydrogen-bond donors (Lipinski definition) is 2. The second kappa shape index (κ2) is 6.34. The number of amides is 1. The summed E-state index contributed by atoms with van der Waals surface area (Å²) < 4.78 is 24.4. The van der Waals surface area contributed by atoms with Crippen LogP contribution >= 0.6 is 11.6 Å². The van der Waals surface area contributed by atoms with Crippen LogP contribution in [0.5, 0.6) is 0 Å². The molecule has 0 unspecified atom stereocenters. The number of nitrogens with one attached hydrogen (secondary N) is 1. The first-order valence-electron chi connectivity index (χ1n) is 6.83. The smallest absolute Gasteiger partial charge is 0.241 e. The fourth-order valence-electron chi connectivity index (χ4n) is 2.73. The molecule has 116 valence electrons. The van der Waals surface area contributed by atoms with Gasteiger partial charge in [-0.3, -0.25) is 4.79 Å². The van der Waals surface area contributed by atoms with Crippen LogP contribution in [0.4, 0.5) is 0 Å². The minimum absolute atomic E-state index is 0.0523. The van der Waals surface area contributed by atoms with Crippen LogP contribution < -0.4 is 5.32 Å². The van der Waals surface area contributed by atoms with Crippen molar-refractivity contribution in [2.45, 2.75) is 35.3 Å². The van der Waals surface area contributed by atoms with Crippen LogP contribution in [0.15, 0.2) is 29.2 Å². The minimum Gasteiger partial charge on any atom is -0.395 e. The molecule has 1 amide bonds. The van der Waals surface area contributed by atoms with Crippen molar-refractivity contribution in [1.82, 2.24) is 5.32 Å². The third-order valence-corrected chi connectivity index (χ3v) is 6.63. The Kier molecular flexibility index (Phi) is 4.91. The van der Waals surface area contributed by atoms with Crippen LogP contribution in [0.2, 0.25) is 5.02 Å². The van der Waals surface area contributed by atoms with E-state index in [2.05, 4.69) is 5.32 Å². The second-order valence-corrected chi connectivity index (χ2v) is 7.83. The maximum atomic E-state index is 12.9. The van der Waals surface area contributed by atoms with Crippen LogP contribution in [-0.2, 0) is 14.6 Å². The number of aliphatic hydroxyl groups excluding tert-OH is 1. The molecule has 0 aliphatic heterocycles. The summed E-state index contributed by atoms with van der Waals surface area (Å²) in [6, 6.07) is 5.86. The van der Waals surface area contributed by atoms with Crippen LogP contribution in [-0.4, -0.2) is 37.3 Å². The number of aliphatic hydroxyl groups is 1. The molecule has 21 heavy (non-hydrogen) atoms. The molecule has 0 spiro atoms. The van der Waals surface area contributed by atoms with Gasteiger partial charge in [-0.2, -0.15) is 0 Å². The number of benzene rings is 1. The van der Waals surface area contributed by atoms with Gasteiger partial charge >= 0.3 is 0 Å². The molecule has 2 N–H and O–H groups in total. The first-order chi connectivity index (χ1) is 9.94. The lowest BCUT2D eigenvalue weighted by atomic mass is 10.1. The zero-order chi connectivity index (χ0) is 15.5. The fourth-order valence-corrected chi connectivity index (χ4v) is 4.95. The number of rotatable bonds is 5. The van der Waals surface area contributed by atoms with Crippen LogP contribution in [0.1, 0.15) is 25.7 Å². The Morgan fingerprint density at radius 3 is 2.33 bits per heavy atom. The van der Waals surface area contributed by atoms with Crippen molar-refractivity contribution in [1.29, 1.82) is 0 Å². The van der Waals surface area contributed by atoms with Crippen molar-refractivity contribution < 1.29 is 18.3 Å². The Bertz CT molecular complexity index is 606. The fraction of sp³-hybridized carbons (Fsp3) is 0.500. The van der Waals surface area contributed by atoms with E-state index in [0.717, 1.165) is 0 Å². The quantitative estimate of drug-likeness (QED) is 0.857. The van der Waals surface area contributed by atoms with Gasteiger partial charge in [0.1, 0.15) is 0 Å². The van der Waals surface area contributed by atoms with E-state index < -0.39 is 20.5 Å². The largest absolute Gasteiger partial charge is 0.395 e. The number of carbonyl (C=O) groups is 1. The Hall–Kier alpha value is -1.11. The molecule has 2 rings (SSSR count). The van der Waals surface area contributed by atoms with E-state index in [4.69, 9.17) is 16.7 Å². The van der Waals surface area contributed by atoms with E-state index in [1.807, 2.05) is 0 Å². The molecular weight excluding hydrogens is 314 g/mol. The maximum Gasteiger partial charge on any atom is 0.241 e. The molecule has 1 aromatic carbocycles. The summed E-state index contributed by atoms with van der Waals surface area (Å²) in [6.45, 7) is -0.167. The Balaban J connectivity index is 2.41. The van der Waals surface area contributed by atoms with Crippen molar-refractivity contribution in [3.63, 3.8) is 0 Å². The standard InChI is InChI=1S/C14H18ClNO4S/c15-11-3-5-12(6-4-11)21(19,20)14(7-1-2-8-14)13(18)16-9-10-17/h3-6,17H,1-2,7-10H2,(H,16,18). The summed E-state index contributed by atoms with van der Waals surface area (Å²) in [4.78, 5) is 12.5. The molecule has 1 aliphatic carbocycles. The lowest BCUT2D eigenvalue weighted by molar-refractivity contribution is -0.123. The highest BCUT2D eigenvalue weighted by molar-refractivity contribution is 7.93. The highest BCUT2D eigenvalue weighted by Gasteiger charge is 2.52. The molecule has 5 nitrogen and oxygen atoms in total. The third-order valence-electron chi connectivity index (χ3n) is 3.86. The van der Waals surface area contributed by atoms with E-state index in [1.54, 1.807) is 0 Å². The van der Waals surface area contributed by atoms with Gasteiger partial charge in [-0.1, -0.05) is 24.4 Å². The van der Waals surface area contributed by atoms with Gasteiger partial charge in [-0.15, -0.1) is 0 Å². The normalized spacial score (nSPS) is 17.6. The molecule has 1 aromatic rings. The van der Waals surface area contributed by atoms with Gasteiger partial charge in [0.05, 0.1) is 11.5 Å². The predicted octanol–water partition coefficient (Wildman–Crippen LogP) is 1.54. The second-order valence-electron chi connectivity index (χ2n) is 5.14. The molecule has 1 aliphatic rings. The van der Waals surface area contributed by atoms with Crippen molar-refractivity contribution in [2.24, 2.45) is 0 Å². The number of hydrogen-bond acceptors (Lipinski definition) is 4. The summed E-state index contributed by atoms with van der Waals surface area (Å²) in [5.41, 5.74) is 0. The Morgan fingerprint density at radius 1 is 1.24 bits per heavy atom.